The molecule has 6 rings (SSSR count). The molecule has 260 valence electrons. The van der Waals surface area contributed by atoms with Crippen molar-refractivity contribution >= 4 is 40.9 Å². The predicted octanol–water partition coefficient (Wildman–Crippen LogP) is 12.3. The molecule has 0 aromatic heterocycles. The van der Waals surface area contributed by atoms with Gasteiger partial charge in [0.05, 0.1) is 13.2 Å². The second kappa shape index (κ2) is 18.3. The van der Waals surface area contributed by atoms with Crippen LogP contribution in [0.2, 0.25) is 0 Å². The van der Waals surface area contributed by atoms with Crippen molar-refractivity contribution in [2.45, 2.75) is 78.0 Å². The Bertz CT molecular complexity index is 1690. The first kappa shape index (κ1) is 39.5. The molecule has 4 atom stereocenters. The van der Waals surface area contributed by atoms with Crippen LogP contribution in [0.25, 0.3) is 11.1 Å². The van der Waals surface area contributed by atoms with Crippen LogP contribution >= 0.6 is 17.6 Å². The van der Waals surface area contributed by atoms with Crippen LogP contribution in [0.5, 0.6) is 0 Å². The minimum atomic E-state index is -1.34. The summed E-state index contributed by atoms with van der Waals surface area (Å²) in [4.78, 5) is 1.08. The standard InChI is InChI=1S/C24H32S.C18H14F3P.ClH.Ru/c1-14-10-16(3)22(17(4)11-14)20-8-7-9-21(24(20)25)23-18(5)12-15(2)13-19(23)6;19-13-1-7-16(8-2-13)22(17-9-3-14(20)4-10-17)18-11-5-15(21)6-12-18;;/h7-11,15,18-19,23,25H,12-13H2,1-6H3;1-5,7-11H,6,12H2;1H;/q;;;+2/p-1/t15?,18-,19?,23?;;;/m0.../s1. The Hall–Kier alpha value is -2.29. The van der Waals surface area contributed by atoms with Gasteiger partial charge in [-0.15, -0.1) is 0 Å². The molecule has 0 N–H and O–H groups in total. The Balaban J connectivity index is 0.000000212. The van der Waals surface area contributed by atoms with Gasteiger partial charge in [-0.3, -0.25) is 0 Å². The van der Waals surface area contributed by atoms with E-state index in [0.717, 1.165) is 26.7 Å². The van der Waals surface area contributed by atoms with E-state index in [1.807, 2.05) is 23.4 Å². The van der Waals surface area contributed by atoms with Gasteiger partial charge < -0.3 is 12.6 Å². The third-order valence-corrected chi connectivity index (χ3v) is 13.1. The van der Waals surface area contributed by atoms with Crippen molar-refractivity contribution in [3.63, 3.8) is 0 Å². The van der Waals surface area contributed by atoms with E-state index in [4.69, 9.17) is 12.6 Å². The van der Waals surface area contributed by atoms with E-state index in [0.29, 0.717) is 30.6 Å². The van der Waals surface area contributed by atoms with E-state index < -0.39 is 7.92 Å². The van der Waals surface area contributed by atoms with Gasteiger partial charge in [-0.25, -0.2) is 13.2 Å². The number of hydrogen-bond donors (Lipinski definition) is 0. The number of benzene rings is 4. The first-order chi connectivity index (χ1) is 23.4. The van der Waals surface area contributed by atoms with E-state index in [1.165, 1.54) is 76.6 Å². The normalized spacial score (nSPS) is 20.3. The summed E-state index contributed by atoms with van der Waals surface area (Å²) in [5, 5.41) is 3.17. The Labute approximate surface area is 312 Å². The Morgan fingerprint density at radius 1 is 0.714 bits per heavy atom. The third-order valence-electron chi connectivity index (χ3n) is 9.81. The van der Waals surface area contributed by atoms with Crippen molar-refractivity contribution in [1.29, 1.82) is 0 Å². The van der Waals surface area contributed by atoms with Crippen LogP contribution < -0.4 is 10.6 Å². The molecule has 4 aromatic rings. The average molecular weight is 807 g/mol. The van der Waals surface area contributed by atoms with Gasteiger partial charge in [-0.1, -0.05) is 62.2 Å². The molecule has 3 unspecified atom stereocenters. The summed E-state index contributed by atoms with van der Waals surface area (Å²) in [5.74, 6) is 2.14. The molecule has 1 fully saturated rings. The second-order valence-electron chi connectivity index (χ2n) is 13.7. The topological polar surface area (TPSA) is 0 Å². The first-order valence-corrected chi connectivity index (χ1v) is 21.0. The van der Waals surface area contributed by atoms with Crippen LogP contribution in [0.1, 0.15) is 74.6 Å². The zero-order chi connectivity index (χ0) is 35.8. The fraction of sp³-hybridized carbons (Fsp3) is 0.333. The van der Waals surface area contributed by atoms with Crippen LogP contribution in [0.15, 0.2) is 107 Å². The number of halogens is 4. The summed E-state index contributed by atoms with van der Waals surface area (Å²) in [6.07, 6.45) is 6.98. The number of rotatable bonds is 5. The summed E-state index contributed by atoms with van der Waals surface area (Å²) in [6, 6.07) is 24.1. The number of aryl methyl sites for hydroxylation is 3. The molecule has 2 aliphatic rings. The summed E-state index contributed by atoms with van der Waals surface area (Å²) < 4.78 is 39.6. The van der Waals surface area contributed by atoms with Gasteiger partial charge in [0.15, 0.2) is 0 Å². The van der Waals surface area contributed by atoms with Crippen molar-refractivity contribution in [1.82, 2.24) is 0 Å². The minimum absolute atomic E-state index is 0.122. The van der Waals surface area contributed by atoms with Gasteiger partial charge in [0.25, 0.3) is 0 Å². The van der Waals surface area contributed by atoms with E-state index in [2.05, 4.69) is 81.6 Å². The van der Waals surface area contributed by atoms with Gasteiger partial charge in [0, 0.05) is 12.8 Å². The van der Waals surface area contributed by atoms with Gasteiger partial charge in [0.1, 0.15) is 28.1 Å². The van der Waals surface area contributed by atoms with Crippen LogP contribution in [0.3, 0.4) is 0 Å². The average Bonchev–Trinajstić information content (AvgIpc) is 3.06. The van der Waals surface area contributed by atoms with Crippen molar-refractivity contribution in [3.05, 3.63) is 136 Å². The molecule has 0 bridgehead atoms. The van der Waals surface area contributed by atoms with E-state index in [9.17, 15) is 13.2 Å². The second-order valence-corrected chi connectivity index (χ2v) is 16.7. The van der Waals surface area contributed by atoms with Crippen LogP contribution in [0, 0.1) is 50.2 Å². The zero-order valence-corrected chi connectivity index (χ0v) is 33.4. The molecule has 0 amide bonds. The quantitative estimate of drug-likeness (QED) is 0.110. The van der Waals surface area contributed by atoms with Crippen molar-refractivity contribution in [3.8, 4) is 11.1 Å². The van der Waals surface area contributed by atoms with E-state index in [1.54, 1.807) is 24.3 Å². The SMILES string of the molecule is Cc1cc(C)c(-c2cccc(C3C(C)CC(C)C[C@@H]3C)c2[S-])c(C)c1.FC1=CC=C([PH+](c2ccc(F)cc2)c2ccc(F)cc2)CC1.[Cl][Ru+]. The van der Waals surface area contributed by atoms with Crippen LogP contribution in [-0.2, 0) is 29.9 Å². The summed E-state index contributed by atoms with van der Waals surface area (Å²) in [5.41, 5.74) is 7.98. The zero-order valence-electron chi connectivity index (χ0n) is 29.1. The molecule has 0 spiro atoms. The molecule has 2 aliphatic carbocycles. The predicted molar refractivity (Wildman–Crippen MR) is 204 cm³/mol. The Kier molecular flexibility index (Phi) is 14.7. The fourth-order valence-electron chi connectivity index (χ4n) is 8.04. The molecular formula is C42H46ClF3PRuS+. The van der Waals surface area contributed by atoms with Gasteiger partial charge in [-0.2, -0.15) is 4.90 Å². The molecule has 49 heavy (non-hydrogen) atoms. The van der Waals surface area contributed by atoms with Gasteiger partial charge in [0.2, 0.25) is 0 Å². The molecule has 7 heteroatoms. The fourth-order valence-corrected chi connectivity index (χ4v) is 11.1. The van der Waals surface area contributed by atoms with E-state index >= 15 is 0 Å². The molecule has 0 saturated heterocycles. The molecular weight excluding hydrogens is 761 g/mol. The van der Waals surface area contributed by atoms with E-state index in [-0.39, 0.29) is 17.5 Å². The molecule has 0 aliphatic heterocycles. The maximum atomic E-state index is 13.3. The summed E-state index contributed by atoms with van der Waals surface area (Å²) in [6.45, 7) is 13.8. The van der Waals surface area contributed by atoms with Crippen molar-refractivity contribution in [2.24, 2.45) is 17.8 Å². The maximum absolute atomic E-state index is 13.3. The van der Waals surface area contributed by atoms with Gasteiger partial charge in [-0.05, 0) is 140 Å². The number of allylic oxidation sites excluding steroid dienone is 4. The Morgan fingerprint density at radius 3 is 1.69 bits per heavy atom. The third kappa shape index (κ3) is 9.95. The van der Waals surface area contributed by atoms with Crippen LogP contribution in [-0.4, -0.2) is 0 Å². The van der Waals surface area contributed by atoms with Gasteiger partial charge >= 0.3 is 27.0 Å². The molecule has 1 saturated carbocycles. The molecule has 0 radical (unpaired) electrons. The summed E-state index contributed by atoms with van der Waals surface area (Å²) in [7, 11) is 3.23. The molecule has 0 heterocycles. The van der Waals surface area contributed by atoms with Crippen LogP contribution in [0.4, 0.5) is 13.2 Å². The first-order valence-electron chi connectivity index (χ1n) is 16.9. The molecule has 0 nitrogen and oxygen atoms in total. The van der Waals surface area contributed by atoms with Crippen molar-refractivity contribution < 1.29 is 30.5 Å². The molecule has 4 aromatic carbocycles. The Morgan fingerprint density at radius 2 is 1.22 bits per heavy atom. The number of hydrogen-bond acceptors (Lipinski definition) is 1. The monoisotopic (exact) mass is 807 g/mol. The summed E-state index contributed by atoms with van der Waals surface area (Å²) >= 11 is 7.86. The van der Waals surface area contributed by atoms with Crippen molar-refractivity contribution in [2.75, 3.05) is 0 Å².